The first-order valence-electron chi connectivity index (χ1n) is 12.3. The number of hydrogen-bond acceptors (Lipinski definition) is 8. The van der Waals surface area contributed by atoms with Crippen molar-refractivity contribution < 1.29 is 19.1 Å². The van der Waals surface area contributed by atoms with Gasteiger partial charge in [-0.05, 0) is 36.8 Å². The predicted molar refractivity (Wildman–Crippen MR) is 141 cm³/mol. The number of anilines is 2. The summed E-state index contributed by atoms with van der Waals surface area (Å²) in [6.45, 7) is 3.69. The van der Waals surface area contributed by atoms with Crippen LogP contribution in [0.4, 0.5) is 16.2 Å². The molecule has 1 unspecified atom stereocenters. The minimum Gasteiger partial charge on any atom is -0.497 e. The number of aromatic nitrogens is 2. The van der Waals surface area contributed by atoms with Crippen LogP contribution in [0, 0.1) is 5.92 Å². The first-order chi connectivity index (χ1) is 18.0. The highest BCUT2D eigenvalue weighted by Gasteiger charge is 2.35. The van der Waals surface area contributed by atoms with Gasteiger partial charge in [0.25, 0.3) is 5.56 Å². The van der Waals surface area contributed by atoms with Crippen LogP contribution in [0.3, 0.4) is 0 Å². The number of carbonyl (C=O) groups is 2. The summed E-state index contributed by atoms with van der Waals surface area (Å²) in [4.78, 5) is 46.0. The highest BCUT2D eigenvalue weighted by atomic mass is 32.2. The number of cyclic esters (lactones) is 1. The van der Waals surface area contributed by atoms with Crippen LogP contribution < -0.4 is 20.5 Å². The Morgan fingerprint density at radius 3 is 2.84 bits per heavy atom. The second-order valence-electron chi connectivity index (χ2n) is 9.61. The van der Waals surface area contributed by atoms with Gasteiger partial charge < -0.3 is 24.3 Å². The van der Waals surface area contributed by atoms with E-state index < -0.39 is 0 Å². The zero-order valence-corrected chi connectivity index (χ0v) is 21.2. The number of ether oxygens (including phenoxy) is 2. The van der Waals surface area contributed by atoms with E-state index in [1.165, 1.54) is 18.0 Å². The molecule has 0 radical (unpaired) electrons. The lowest BCUT2D eigenvalue weighted by Gasteiger charge is -2.40. The Kier molecular flexibility index (Phi) is 6.25. The first-order valence-corrected chi connectivity index (χ1v) is 13.3. The second kappa shape index (κ2) is 9.71. The smallest absolute Gasteiger partial charge is 0.414 e. The highest BCUT2D eigenvalue weighted by molar-refractivity contribution is 8.00. The van der Waals surface area contributed by atoms with Crippen molar-refractivity contribution in [1.29, 1.82) is 0 Å². The van der Waals surface area contributed by atoms with Crippen molar-refractivity contribution in [2.75, 3.05) is 49.3 Å². The summed E-state index contributed by atoms with van der Waals surface area (Å²) in [7, 11) is 1.61. The van der Waals surface area contributed by atoms with Gasteiger partial charge in [0.2, 0.25) is 5.91 Å². The Hall–Kier alpha value is -3.57. The third-order valence-corrected chi connectivity index (χ3v) is 8.15. The molecule has 2 amide bonds. The Balaban J connectivity index is 1.02. The lowest BCUT2D eigenvalue weighted by atomic mass is 9.99. The van der Waals surface area contributed by atoms with Gasteiger partial charge in [0.15, 0.2) is 0 Å². The van der Waals surface area contributed by atoms with Crippen LogP contribution in [0.5, 0.6) is 5.75 Å². The molecule has 3 aromatic rings. The molecular formula is C26H27N5O5S. The second-order valence-corrected chi connectivity index (χ2v) is 10.6. The Morgan fingerprint density at radius 1 is 1.14 bits per heavy atom. The maximum Gasteiger partial charge on any atom is 0.414 e. The molecule has 0 spiro atoms. The number of methoxy groups -OCH3 is 1. The molecule has 2 saturated heterocycles. The van der Waals surface area contributed by atoms with E-state index in [4.69, 9.17) is 9.47 Å². The maximum atomic E-state index is 12.5. The molecule has 4 heterocycles. The summed E-state index contributed by atoms with van der Waals surface area (Å²) < 4.78 is 12.7. The van der Waals surface area contributed by atoms with E-state index in [-0.39, 0.29) is 23.7 Å². The van der Waals surface area contributed by atoms with Gasteiger partial charge in [0, 0.05) is 48.7 Å². The third kappa shape index (κ3) is 4.76. The Labute approximate surface area is 217 Å². The van der Waals surface area contributed by atoms with Crippen LogP contribution in [0.1, 0.15) is 6.42 Å². The molecule has 10 nitrogen and oxygen atoms in total. The summed E-state index contributed by atoms with van der Waals surface area (Å²) >= 11 is 1.49. The average molecular weight is 522 g/mol. The van der Waals surface area contributed by atoms with E-state index >= 15 is 0 Å². The first kappa shape index (κ1) is 23.8. The van der Waals surface area contributed by atoms with Gasteiger partial charge in [0.05, 0.1) is 42.3 Å². The number of carbonyl (C=O) groups excluding carboxylic acids is 2. The molecule has 11 heteroatoms. The summed E-state index contributed by atoms with van der Waals surface area (Å²) in [5.74, 6) is 1.43. The van der Waals surface area contributed by atoms with E-state index in [0.717, 1.165) is 53.4 Å². The molecule has 3 aliphatic heterocycles. The SMILES string of the molecule is COc1ccc2ncc(=O)n(CC3CN(CCC4CN(c5ccc6c(c5)NC(=O)CS6)C(=O)O4)C3)c2c1. The molecular weight excluding hydrogens is 494 g/mol. The average Bonchev–Trinajstić information content (AvgIpc) is 3.25. The lowest BCUT2D eigenvalue weighted by molar-refractivity contribution is -0.113. The number of nitrogens with zero attached hydrogens (tertiary/aromatic N) is 4. The van der Waals surface area contributed by atoms with Gasteiger partial charge >= 0.3 is 6.09 Å². The van der Waals surface area contributed by atoms with Crippen LogP contribution in [0.2, 0.25) is 0 Å². The quantitative estimate of drug-likeness (QED) is 0.506. The molecule has 3 aliphatic rings. The van der Waals surface area contributed by atoms with Gasteiger partial charge in [-0.15, -0.1) is 11.8 Å². The van der Waals surface area contributed by atoms with Gasteiger partial charge in [-0.2, -0.15) is 0 Å². The normalized spacial score (nSPS) is 19.9. The summed E-state index contributed by atoms with van der Waals surface area (Å²) in [5.41, 5.74) is 2.90. The van der Waals surface area contributed by atoms with Gasteiger partial charge in [-0.1, -0.05) is 0 Å². The van der Waals surface area contributed by atoms with Gasteiger partial charge in [-0.3, -0.25) is 14.5 Å². The number of thioether (sulfide) groups is 1. The monoisotopic (exact) mass is 521 g/mol. The molecule has 192 valence electrons. The highest BCUT2D eigenvalue weighted by Crippen LogP contribution is 2.35. The van der Waals surface area contributed by atoms with Crippen LogP contribution in [-0.4, -0.2) is 71.6 Å². The molecule has 1 N–H and O–H groups in total. The number of rotatable bonds is 7. The minimum absolute atomic E-state index is 0.0360. The third-order valence-electron chi connectivity index (χ3n) is 7.08. The summed E-state index contributed by atoms with van der Waals surface area (Å²) in [6.07, 6.45) is 1.56. The minimum atomic E-state index is -0.361. The molecule has 0 saturated carbocycles. The van der Waals surface area contributed by atoms with Crippen molar-refractivity contribution in [3.63, 3.8) is 0 Å². The fraction of sp³-hybridized carbons (Fsp3) is 0.385. The van der Waals surface area contributed by atoms with E-state index in [2.05, 4.69) is 15.2 Å². The largest absolute Gasteiger partial charge is 0.497 e. The maximum absolute atomic E-state index is 12.5. The molecule has 1 aromatic heterocycles. The van der Waals surface area contributed by atoms with E-state index in [1.54, 1.807) is 16.6 Å². The predicted octanol–water partition coefficient (Wildman–Crippen LogP) is 2.80. The fourth-order valence-corrected chi connectivity index (χ4v) is 5.93. The standard InChI is InChI=1S/C26H27N5O5S/c1-35-18-3-4-20-22(9-18)31(25(33)10-27-20)13-16-11-29(12-16)7-6-19-14-30(26(34)36-19)17-2-5-23-21(8-17)28-24(32)15-37-23/h2-5,8-10,16,19H,6-7,11-15H2,1H3,(H,28,32). The zero-order chi connectivity index (χ0) is 25.5. The number of fused-ring (bicyclic) bond motifs is 2. The molecule has 37 heavy (non-hydrogen) atoms. The molecule has 0 aliphatic carbocycles. The zero-order valence-electron chi connectivity index (χ0n) is 20.4. The molecule has 2 aromatic carbocycles. The number of amides is 2. The van der Waals surface area contributed by atoms with Crippen LogP contribution in [0.25, 0.3) is 11.0 Å². The Morgan fingerprint density at radius 2 is 2.00 bits per heavy atom. The van der Waals surface area contributed by atoms with Gasteiger partial charge in [-0.25, -0.2) is 9.78 Å². The molecule has 1 atom stereocenters. The van der Waals surface area contributed by atoms with Crippen molar-refractivity contribution in [1.82, 2.24) is 14.5 Å². The van der Waals surface area contributed by atoms with E-state index in [1.807, 2.05) is 36.4 Å². The van der Waals surface area contributed by atoms with Crippen molar-refractivity contribution in [3.05, 3.63) is 52.9 Å². The fourth-order valence-electron chi connectivity index (χ4n) is 5.14. The van der Waals surface area contributed by atoms with Crippen molar-refractivity contribution in [3.8, 4) is 5.75 Å². The summed E-state index contributed by atoms with van der Waals surface area (Å²) in [6, 6.07) is 11.2. The van der Waals surface area contributed by atoms with E-state index in [9.17, 15) is 14.4 Å². The van der Waals surface area contributed by atoms with Crippen molar-refractivity contribution in [2.45, 2.75) is 24.0 Å². The molecule has 2 fully saturated rings. The number of nitrogens with one attached hydrogen (secondary N) is 1. The van der Waals surface area contributed by atoms with Crippen LogP contribution in [-0.2, 0) is 16.1 Å². The van der Waals surface area contributed by atoms with Gasteiger partial charge in [0.1, 0.15) is 11.9 Å². The van der Waals surface area contributed by atoms with Crippen molar-refractivity contribution in [2.24, 2.45) is 5.92 Å². The number of likely N-dealkylation sites (tertiary alicyclic amines) is 1. The topological polar surface area (TPSA) is 106 Å². The van der Waals surface area contributed by atoms with Crippen molar-refractivity contribution >= 4 is 46.2 Å². The van der Waals surface area contributed by atoms with E-state index in [0.29, 0.717) is 30.5 Å². The van der Waals surface area contributed by atoms with Crippen LogP contribution in [0.15, 0.2) is 52.3 Å². The number of hydrogen-bond donors (Lipinski definition) is 1. The summed E-state index contributed by atoms with van der Waals surface area (Å²) in [5, 5.41) is 2.87. The lowest BCUT2D eigenvalue weighted by Crippen LogP contribution is -2.50. The molecule has 0 bridgehead atoms. The molecule has 6 rings (SSSR count). The number of benzene rings is 2. The Bertz CT molecular complexity index is 1440. The van der Waals surface area contributed by atoms with Crippen LogP contribution >= 0.6 is 11.8 Å².